The standard InChI is InChI=1S/C35H41FN4O7/c1-23-7-3-8-26(19-23)31-28(10-4-11-29(31)36)35(46,16-6-17-38-33(43)47-2)27-9-5-18-39(21-27)32(42)25-14-12-24(13-15-25)20-40(34(44)45)22-30(37)41/h3-4,7-8,10-15,19,27,46H,5-6,9,16-18,20-22H2,1-2H3,(H2,37,41)(H,38,43)(H,44,45)/t27-,35?/m1/s1. The third kappa shape index (κ3) is 8.64. The van der Waals surface area contributed by atoms with Crippen LogP contribution in [0.3, 0.4) is 0 Å². The van der Waals surface area contributed by atoms with Crippen molar-refractivity contribution in [2.75, 3.05) is 33.3 Å². The van der Waals surface area contributed by atoms with E-state index < -0.39 is 42.0 Å². The third-order valence-electron chi connectivity index (χ3n) is 8.55. The normalized spacial score (nSPS) is 15.7. The van der Waals surface area contributed by atoms with Crippen molar-refractivity contribution in [3.63, 3.8) is 0 Å². The third-order valence-corrected chi connectivity index (χ3v) is 8.55. The first-order valence-electron chi connectivity index (χ1n) is 15.5. The van der Waals surface area contributed by atoms with Gasteiger partial charge in [0.05, 0.1) is 12.7 Å². The number of nitrogens with zero attached hydrogens (tertiary/aromatic N) is 2. The van der Waals surface area contributed by atoms with E-state index in [2.05, 4.69) is 10.1 Å². The summed E-state index contributed by atoms with van der Waals surface area (Å²) in [5, 5.41) is 24.6. The molecule has 250 valence electrons. The number of carboxylic acid groups (broad SMARTS) is 1. The van der Waals surface area contributed by atoms with E-state index in [9.17, 15) is 29.4 Å². The molecule has 47 heavy (non-hydrogen) atoms. The Hall–Kier alpha value is -4.97. The minimum Gasteiger partial charge on any atom is -0.465 e. The van der Waals surface area contributed by atoms with Crippen LogP contribution in [0.5, 0.6) is 0 Å². The molecule has 3 aromatic carbocycles. The number of methoxy groups -OCH3 is 1. The highest BCUT2D eigenvalue weighted by atomic mass is 19.1. The highest BCUT2D eigenvalue weighted by Gasteiger charge is 2.43. The molecule has 3 aromatic rings. The summed E-state index contributed by atoms with van der Waals surface area (Å²) < 4.78 is 20.3. The first-order valence-corrected chi connectivity index (χ1v) is 15.5. The summed E-state index contributed by atoms with van der Waals surface area (Å²) in [4.78, 5) is 50.7. The van der Waals surface area contributed by atoms with Gasteiger partial charge in [-0.25, -0.2) is 14.0 Å². The molecule has 1 unspecified atom stereocenters. The number of aliphatic hydroxyl groups is 1. The smallest absolute Gasteiger partial charge is 0.408 e. The van der Waals surface area contributed by atoms with Crippen LogP contribution >= 0.6 is 0 Å². The fourth-order valence-corrected chi connectivity index (χ4v) is 6.24. The van der Waals surface area contributed by atoms with E-state index >= 15 is 4.39 Å². The van der Waals surface area contributed by atoms with Gasteiger partial charge in [-0.3, -0.25) is 14.5 Å². The Kier molecular flexibility index (Phi) is 11.5. The minimum atomic E-state index is -1.55. The van der Waals surface area contributed by atoms with Crippen LogP contribution in [0.1, 0.15) is 52.7 Å². The maximum Gasteiger partial charge on any atom is 0.408 e. The zero-order valence-corrected chi connectivity index (χ0v) is 26.6. The number of hydrogen-bond acceptors (Lipinski definition) is 6. The monoisotopic (exact) mass is 648 g/mol. The number of nitrogens with two attached hydrogens (primary N) is 1. The Balaban J connectivity index is 1.61. The van der Waals surface area contributed by atoms with Gasteiger partial charge in [0.2, 0.25) is 5.91 Å². The lowest BCUT2D eigenvalue weighted by Gasteiger charge is -2.43. The number of halogens is 1. The Bertz CT molecular complexity index is 1600. The fourth-order valence-electron chi connectivity index (χ4n) is 6.24. The van der Waals surface area contributed by atoms with Crippen LogP contribution in [0.4, 0.5) is 14.0 Å². The second-order valence-corrected chi connectivity index (χ2v) is 11.9. The molecule has 4 amide bonds. The van der Waals surface area contributed by atoms with Crippen LogP contribution in [0, 0.1) is 18.7 Å². The van der Waals surface area contributed by atoms with E-state index in [0.717, 1.165) is 10.5 Å². The summed E-state index contributed by atoms with van der Waals surface area (Å²) in [5.74, 6) is -1.97. The average Bonchev–Trinajstić information content (AvgIpc) is 3.05. The maximum absolute atomic E-state index is 15.6. The molecule has 12 heteroatoms. The lowest BCUT2D eigenvalue weighted by atomic mass is 9.72. The number of aryl methyl sites for hydroxylation is 1. The van der Waals surface area contributed by atoms with Crippen LogP contribution < -0.4 is 11.1 Å². The first-order chi connectivity index (χ1) is 22.4. The van der Waals surface area contributed by atoms with Gasteiger partial charge in [0.15, 0.2) is 0 Å². The summed E-state index contributed by atoms with van der Waals surface area (Å²) in [5.41, 5.74) is 6.84. The molecule has 2 atom stereocenters. The second kappa shape index (κ2) is 15.5. The Morgan fingerprint density at radius 2 is 1.83 bits per heavy atom. The number of rotatable bonds is 12. The molecule has 0 spiro atoms. The Labute approximate surface area is 273 Å². The molecule has 1 aliphatic heterocycles. The average molecular weight is 649 g/mol. The molecule has 0 saturated carbocycles. The number of alkyl carbamates (subject to hydrolysis) is 1. The van der Waals surface area contributed by atoms with Crippen molar-refractivity contribution in [2.24, 2.45) is 11.7 Å². The van der Waals surface area contributed by atoms with Crippen LogP contribution in [0.2, 0.25) is 0 Å². The zero-order chi connectivity index (χ0) is 34.1. The highest BCUT2D eigenvalue weighted by molar-refractivity contribution is 5.94. The zero-order valence-electron chi connectivity index (χ0n) is 26.6. The number of carbonyl (C=O) groups is 4. The van der Waals surface area contributed by atoms with Gasteiger partial charge in [-0.15, -0.1) is 0 Å². The Morgan fingerprint density at radius 1 is 1.11 bits per heavy atom. The van der Waals surface area contributed by atoms with E-state index in [-0.39, 0.29) is 32.0 Å². The largest absolute Gasteiger partial charge is 0.465 e. The summed E-state index contributed by atoms with van der Waals surface area (Å²) in [7, 11) is 1.27. The molecule has 0 radical (unpaired) electrons. The first kappa shape index (κ1) is 34.9. The highest BCUT2D eigenvalue weighted by Crippen LogP contribution is 2.44. The molecule has 1 fully saturated rings. The number of benzene rings is 3. The molecule has 1 heterocycles. The van der Waals surface area contributed by atoms with Crippen LogP contribution in [0.15, 0.2) is 66.7 Å². The van der Waals surface area contributed by atoms with Gasteiger partial charge in [0.1, 0.15) is 12.4 Å². The maximum atomic E-state index is 15.6. The molecular formula is C35H41FN4O7. The van der Waals surface area contributed by atoms with Crippen LogP contribution in [-0.4, -0.2) is 77.3 Å². The van der Waals surface area contributed by atoms with Gasteiger partial charge in [0.25, 0.3) is 5.91 Å². The van der Waals surface area contributed by atoms with Crippen molar-refractivity contribution in [2.45, 2.75) is 44.8 Å². The van der Waals surface area contributed by atoms with Crippen molar-refractivity contribution >= 4 is 24.0 Å². The van der Waals surface area contributed by atoms with Crippen molar-refractivity contribution in [3.05, 3.63) is 94.8 Å². The summed E-state index contributed by atoms with van der Waals surface area (Å²) in [6.07, 6.45) is -0.147. The topological polar surface area (TPSA) is 162 Å². The summed E-state index contributed by atoms with van der Waals surface area (Å²) in [6.45, 7) is 2.27. The molecule has 0 bridgehead atoms. The number of likely N-dealkylation sites (tertiary alicyclic amines) is 1. The van der Waals surface area contributed by atoms with E-state index in [4.69, 9.17) is 5.73 Å². The van der Waals surface area contributed by atoms with Crippen LogP contribution in [-0.2, 0) is 21.7 Å². The molecule has 0 aromatic heterocycles. The number of piperidine rings is 1. The quantitative estimate of drug-likeness (QED) is 0.208. The molecule has 1 saturated heterocycles. The van der Waals surface area contributed by atoms with Gasteiger partial charge >= 0.3 is 12.2 Å². The Morgan fingerprint density at radius 3 is 2.49 bits per heavy atom. The van der Waals surface area contributed by atoms with Crippen molar-refractivity contribution in [3.8, 4) is 11.1 Å². The van der Waals surface area contributed by atoms with Gasteiger partial charge < -0.3 is 30.9 Å². The molecule has 5 N–H and O–H groups in total. The van der Waals surface area contributed by atoms with Gasteiger partial charge in [-0.1, -0.05) is 54.1 Å². The minimum absolute atomic E-state index is 0.0761. The van der Waals surface area contributed by atoms with Gasteiger partial charge in [-0.05, 0) is 67.5 Å². The number of carbonyl (C=O) groups excluding carboxylic acids is 3. The van der Waals surface area contributed by atoms with Crippen LogP contribution in [0.25, 0.3) is 11.1 Å². The number of ether oxygens (including phenoxy) is 1. The molecular weight excluding hydrogens is 607 g/mol. The van der Waals surface area contributed by atoms with E-state index in [1.807, 2.05) is 25.1 Å². The summed E-state index contributed by atoms with van der Waals surface area (Å²) >= 11 is 0. The number of hydrogen-bond donors (Lipinski definition) is 4. The van der Waals surface area contributed by atoms with Gasteiger partial charge in [-0.2, -0.15) is 0 Å². The number of nitrogens with one attached hydrogen (secondary N) is 1. The van der Waals surface area contributed by atoms with E-state index in [1.165, 1.54) is 13.2 Å². The van der Waals surface area contributed by atoms with Crippen molar-refractivity contribution in [1.29, 1.82) is 0 Å². The van der Waals surface area contributed by atoms with Gasteiger partial charge in [0, 0.05) is 43.2 Å². The molecule has 11 nitrogen and oxygen atoms in total. The lowest BCUT2D eigenvalue weighted by Crippen LogP contribution is -2.48. The van der Waals surface area contributed by atoms with Crippen molar-refractivity contribution in [1.82, 2.24) is 15.1 Å². The van der Waals surface area contributed by atoms with E-state index in [1.54, 1.807) is 47.4 Å². The van der Waals surface area contributed by atoms with E-state index in [0.29, 0.717) is 53.6 Å². The molecule has 1 aliphatic rings. The molecule has 0 aliphatic carbocycles. The van der Waals surface area contributed by atoms with Crippen molar-refractivity contribution < 1.29 is 38.5 Å². The predicted octanol–water partition coefficient (Wildman–Crippen LogP) is 4.64. The summed E-state index contributed by atoms with van der Waals surface area (Å²) in [6, 6.07) is 18.5. The fraction of sp³-hybridized carbons (Fsp3) is 0.371. The SMILES string of the molecule is COC(=O)NCCCC(O)(c1cccc(F)c1-c1cccc(C)c1)[C@@H]1CCCN(C(=O)c2ccc(CN(CC(N)=O)C(=O)O)cc2)C1. The molecule has 4 rings (SSSR count). The number of amides is 4. The lowest BCUT2D eigenvalue weighted by molar-refractivity contribution is -0.118. The number of primary amides is 1. The second-order valence-electron chi connectivity index (χ2n) is 11.9. The predicted molar refractivity (Wildman–Crippen MR) is 173 cm³/mol.